The van der Waals surface area contributed by atoms with E-state index in [4.69, 9.17) is 0 Å². The number of hydrogen-bond acceptors (Lipinski definition) is 1. The highest BCUT2D eigenvalue weighted by atomic mass is 16.1. The normalized spacial score (nSPS) is 12.1. The van der Waals surface area contributed by atoms with E-state index in [1.165, 1.54) is 69.8 Å². The molecule has 1 unspecified atom stereocenters. The van der Waals surface area contributed by atoms with E-state index < -0.39 is 0 Å². The minimum Gasteiger partial charge on any atom is -0.356 e. The van der Waals surface area contributed by atoms with Crippen LogP contribution >= 0.6 is 0 Å². The van der Waals surface area contributed by atoms with Crippen molar-refractivity contribution in [1.82, 2.24) is 5.32 Å². The van der Waals surface area contributed by atoms with Gasteiger partial charge in [0.25, 0.3) is 0 Å². The van der Waals surface area contributed by atoms with E-state index in [1.54, 1.807) is 0 Å². The molecule has 0 saturated carbocycles. The molecule has 2 nitrogen and oxygen atoms in total. The molecular formula is C23H39NO. The first kappa shape index (κ1) is 21.7. The molecule has 0 aliphatic rings. The van der Waals surface area contributed by atoms with E-state index in [1.807, 2.05) is 6.07 Å². The maximum absolute atomic E-state index is 11.9. The summed E-state index contributed by atoms with van der Waals surface area (Å²) in [5.41, 5.74) is 1.29. The number of nitrogens with one attached hydrogen (secondary N) is 1. The van der Waals surface area contributed by atoms with Gasteiger partial charge in [-0.2, -0.15) is 0 Å². The van der Waals surface area contributed by atoms with Crippen LogP contribution in [0.5, 0.6) is 0 Å². The summed E-state index contributed by atoms with van der Waals surface area (Å²) in [4.78, 5) is 11.9. The number of hydrogen-bond donors (Lipinski definition) is 1. The summed E-state index contributed by atoms with van der Waals surface area (Å²) in [7, 11) is 0. The molecule has 0 fully saturated rings. The molecule has 2 heteroatoms. The first-order valence-electron chi connectivity index (χ1n) is 10.6. The molecule has 1 rings (SSSR count). The molecule has 0 saturated heterocycles. The second kappa shape index (κ2) is 15.0. The lowest BCUT2D eigenvalue weighted by Crippen LogP contribution is -2.27. The monoisotopic (exact) mass is 345 g/mol. The van der Waals surface area contributed by atoms with Gasteiger partial charge in [0.2, 0.25) is 5.91 Å². The molecule has 0 spiro atoms. The van der Waals surface area contributed by atoms with Crippen molar-refractivity contribution in [2.24, 2.45) is 0 Å². The van der Waals surface area contributed by atoms with Crippen LogP contribution in [0, 0.1) is 0 Å². The molecule has 1 N–H and O–H groups in total. The summed E-state index contributed by atoms with van der Waals surface area (Å²) in [6.45, 7) is 5.17. The predicted molar refractivity (Wildman–Crippen MR) is 109 cm³/mol. The van der Waals surface area contributed by atoms with E-state index in [2.05, 4.69) is 43.4 Å². The van der Waals surface area contributed by atoms with Crippen molar-refractivity contribution in [2.75, 3.05) is 6.54 Å². The third-order valence-corrected chi connectivity index (χ3v) is 4.98. The first-order chi connectivity index (χ1) is 12.2. The number of benzene rings is 1. The molecule has 142 valence electrons. The summed E-state index contributed by atoms with van der Waals surface area (Å²) >= 11 is 0. The standard InChI is InChI=1S/C23H39NO/c1-3-4-5-6-7-8-9-10-11-12-16-19-23(25)24-20-21(2)22-17-14-13-15-18-22/h13-15,17-18,21H,3-12,16,19-20H2,1-2H3,(H,24,25). The van der Waals surface area contributed by atoms with Gasteiger partial charge < -0.3 is 5.32 Å². The van der Waals surface area contributed by atoms with Gasteiger partial charge in [0, 0.05) is 13.0 Å². The quantitative estimate of drug-likeness (QED) is 0.356. The Hall–Kier alpha value is -1.31. The average Bonchev–Trinajstić information content (AvgIpc) is 2.65. The highest BCUT2D eigenvalue weighted by Gasteiger charge is 2.07. The zero-order chi connectivity index (χ0) is 18.2. The Morgan fingerprint density at radius 1 is 0.840 bits per heavy atom. The summed E-state index contributed by atoms with van der Waals surface area (Å²) in [5.74, 6) is 0.584. The van der Waals surface area contributed by atoms with Crippen LogP contribution in [0.4, 0.5) is 0 Å². The van der Waals surface area contributed by atoms with Crippen molar-refractivity contribution in [2.45, 2.75) is 96.8 Å². The highest BCUT2D eigenvalue weighted by Crippen LogP contribution is 2.14. The van der Waals surface area contributed by atoms with Crippen molar-refractivity contribution in [3.8, 4) is 0 Å². The van der Waals surface area contributed by atoms with Gasteiger partial charge in [-0.15, -0.1) is 0 Å². The van der Waals surface area contributed by atoms with Crippen LogP contribution < -0.4 is 5.32 Å². The molecule has 0 aliphatic carbocycles. The lowest BCUT2D eigenvalue weighted by molar-refractivity contribution is -0.121. The Kier molecular flexibility index (Phi) is 13.0. The largest absolute Gasteiger partial charge is 0.356 e. The molecular weight excluding hydrogens is 306 g/mol. The summed E-state index contributed by atoms with van der Waals surface area (Å²) < 4.78 is 0. The number of rotatable bonds is 15. The lowest BCUT2D eigenvalue weighted by atomic mass is 10.0. The van der Waals surface area contributed by atoms with Crippen molar-refractivity contribution in [3.05, 3.63) is 35.9 Å². The number of carbonyl (C=O) groups is 1. The van der Waals surface area contributed by atoms with Gasteiger partial charge in [0.1, 0.15) is 0 Å². The van der Waals surface area contributed by atoms with Crippen molar-refractivity contribution in [1.29, 1.82) is 0 Å². The molecule has 0 aromatic heterocycles. The molecule has 0 radical (unpaired) electrons. The van der Waals surface area contributed by atoms with Crippen molar-refractivity contribution in [3.63, 3.8) is 0 Å². The topological polar surface area (TPSA) is 29.1 Å². The van der Waals surface area contributed by atoms with Crippen LogP contribution in [0.3, 0.4) is 0 Å². The summed E-state index contributed by atoms with van der Waals surface area (Å²) in [6, 6.07) is 10.4. The zero-order valence-corrected chi connectivity index (χ0v) is 16.6. The Labute approximate surface area is 155 Å². The smallest absolute Gasteiger partial charge is 0.220 e. The fraction of sp³-hybridized carbons (Fsp3) is 0.696. The summed E-state index contributed by atoms with van der Waals surface area (Å²) in [5, 5.41) is 3.08. The van der Waals surface area contributed by atoms with E-state index in [-0.39, 0.29) is 5.91 Å². The van der Waals surface area contributed by atoms with Gasteiger partial charge in [-0.25, -0.2) is 0 Å². The van der Waals surface area contributed by atoms with Crippen molar-refractivity contribution >= 4 is 5.91 Å². The first-order valence-corrected chi connectivity index (χ1v) is 10.6. The molecule has 1 aromatic carbocycles. The van der Waals surface area contributed by atoms with E-state index in [0.717, 1.165) is 13.0 Å². The van der Waals surface area contributed by atoms with Gasteiger partial charge in [0.05, 0.1) is 0 Å². The maximum Gasteiger partial charge on any atom is 0.220 e. The second-order valence-electron chi connectivity index (χ2n) is 7.40. The predicted octanol–water partition coefficient (Wildman–Crippen LogP) is 6.61. The zero-order valence-electron chi connectivity index (χ0n) is 16.6. The molecule has 1 amide bonds. The van der Waals surface area contributed by atoms with E-state index >= 15 is 0 Å². The Morgan fingerprint density at radius 2 is 1.36 bits per heavy atom. The maximum atomic E-state index is 11.9. The molecule has 0 bridgehead atoms. The van der Waals surface area contributed by atoms with Crippen LogP contribution in [0.15, 0.2) is 30.3 Å². The van der Waals surface area contributed by atoms with Crippen LogP contribution in [-0.4, -0.2) is 12.5 Å². The average molecular weight is 346 g/mol. The van der Waals surface area contributed by atoms with E-state index in [9.17, 15) is 4.79 Å². The lowest BCUT2D eigenvalue weighted by Gasteiger charge is -2.13. The van der Waals surface area contributed by atoms with Crippen LogP contribution in [0.25, 0.3) is 0 Å². The van der Waals surface area contributed by atoms with Gasteiger partial charge in [-0.1, -0.05) is 108 Å². The van der Waals surface area contributed by atoms with Crippen molar-refractivity contribution < 1.29 is 4.79 Å². The van der Waals surface area contributed by atoms with Gasteiger partial charge in [0.15, 0.2) is 0 Å². The molecule has 0 aliphatic heterocycles. The van der Waals surface area contributed by atoms with Gasteiger partial charge in [-0.3, -0.25) is 4.79 Å². The van der Waals surface area contributed by atoms with Crippen LogP contribution in [-0.2, 0) is 4.79 Å². The highest BCUT2D eigenvalue weighted by molar-refractivity contribution is 5.75. The Balaban J connectivity index is 1.90. The Morgan fingerprint density at radius 3 is 1.92 bits per heavy atom. The number of carbonyl (C=O) groups excluding carboxylic acids is 1. The molecule has 1 atom stereocenters. The molecule has 25 heavy (non-hydrogen) atoms. The fourth-order valence-corrected chi connectivity index (χ4v) is 3.20. The third-order valence-electron chi connectivity index (χ3n) is 4.98. The second-order valence-corrected chi connectivity index (χ2v) is 7.40. The fourth-order valence-electron chi connectivity index (χ4n) is 3.20. The van der Waals surface area contributed by atoms with Gasteiger partial charge >= 0.3 is 0 Å². The molecule has 1 aromatic rings. The number of unbranched alkanes of at least 4 members (excludes halogenated alkanes) is 10. The Bertz CT molecular complexity index is 429. The van der Waals surface area contributed by atoms with Gasteiger partial charge in [-0.05, 0) is 17.9 Å². The SMILES string of the molecule is CCCCCCCCCCCCCC(=O)NCC(C)c1ccccc1. The van der Waals surface area contributed by atoms with E-state index in [0.29, 0.717) is 12.3 Å². The minimum absolute atomic E-state index is 0.207. The summed E-state index contributed by atoms with van der Waals surface area (Å²) in [6.07, 6.45) is 15.2. The minimum atomic E-state index is 0.207. The third kappa shape index (κ3) is 11.8. The van der Waals surface area contributed by atoms with Crippen LogP contribution in [0.1, 0.15) is 102 Å². The molecule has 0 heterocycles. The number of amides is 1. The van der Waals surface area contributed by atoms with Crippen LogP contribution in [0.2, 0.25) is 0 Å².